The van der Waals surface area contributed by atoms with Crippen molar-refractivity contribution in [1.29, 1.82) is 0 Å². The summed E-state index contributed by atoms with van der Waals surface area (Å²) in [6, 6.07) is 0. The first kappa shape index (κ1) is 33.2. The molecule has 2 aliphatic rings. The fourth-order valence-corrected chi connectivity index (χ4v) is 7.29. The zero-order valence-electron chi connectivity index (χ0n) is 21.1. The van der Waals surface area contributed by atoms with Gasteiger partial charge in [-0.15, -0.1) is 5.10 Å². The Morgan fingerprint density at radius 1 is 1.21 bits per heavy atom. The summed E-state index contributed by atoms with van der Waals surface area (Å²) in [4.78, 5) is 28.3. The topological polar surface area (TPSA) is 328 Å². The van der Waals surface area contributed by atoms with E-state index in [2.05, 4.69) is 35.7 Å². The molecule has 21 nitrogen and oxygen atoms in total. The van der Waals surface area contributed by atoms with Crippen LogP contribution in [0.2, 0.25) is 0 Å². The minimum atomic E-state index is -5.49. The Hall–Kier alpha value is -1.66. The van der Waals surface area contributed by atoms with Crippen molar-refractivity contribution in [3.05, 3.63) is 19.0 Å². The second kappa shape index (κ2) is 12.4. The zero-order valence-corrected chi connectivity index (χ0v) is 23.7. The van der Waals surface area contributed by atoms with Crippen molar-refractivity contribution in [2.45, 2.75) is 60.8 Å². The number of hydrogen-bond acceptors (Lipinski definition) is 19. The minimum absolute atomic E-state index is 0.0222. The zero-order chi connectivity index (χ0) is 31.2. The van der Waals surface area contributed by atoms with Gasteiger partial charge in [0.15, 0.2) is 35.1 Å². The van der Waals surface area contributed by atoms with Crippen LogP contribution in [0.15, 0.2) is 19.0 Å². The predicted octanol–water partition coefficient (Wildman–Crippen LogP) is -4.49. The largest absolute Gasteiger partial charge is 0.481 e. The summed E-state index contributed by atoms with van der Waals surface area (Å²) in [5, 5.41) is 78.3. The Balaban J connectivity index is 1.44. The lowest BCUT2D eigenvalue weighted by molar-refractivity contribution is -0.292. The van der Waals surface area contributed by atoms with Crippen molar-refractivity contribution in [3.63, 3.8) is 0 Å². The standard InChI is InChI=1S/C18H28N6O15P2S/c1-2-18(31)13(30)7(36-17(18)24-15-8(22-23-24)14(19)20-5-21-15)4-35-41(34,42)39-40(32,33)38-16-11(29)9(27)10(28)12(37-16)6(26)3-25/h2,5-7,9-13,16-17,25-31H,1,3-4H2,(H,32,33)(H,34,42)(H2,19,20,21)/t6-,7+,9?,10?,11?,12?,13+,16?,17+,18+,41?/m0/s1. The number of hydrogen-bond donors (Lipinski definition) is 10. The molecule has 0 amide bonds. The van der Waals surface area contributed by atoms with Gasteiger partial charge in [-0.1, -0.05) is 17.9 Å². The number of aromatic nitrogens is 5. The molecule has 2 saturated heterocycles. The van der Waals surface area contributed by atoms with Gasteiger partial charge in [-0.2, -0.15) is 4.68 Å². The smallest absolute Gasteiger partial charge is 0.394 e. The average molecular weight is 662 g/mol. The molecule has 0 saturated carbocycles. The fourth-order valence-electron chi connectivity index (χ4n) is 4.19. The number of aliphatic hydroxyl groups is 7. The Bertz CT molecular complexity index is 1390. The summed E-state index contributed by atoms with van der Waals surface area (Å²) in [5.74, 6) is -0.0301. The second-order valence-electron chi connectivity index (χ2n) is 9.14. The van der Waals surface area contributed by atoms with E-state index in [0.29, 0.717) is 0 Å². The third-order valence-electron chi connectivity index (χ3n) is 6.38. The van der Waals surface area contributed by atoms with Crippen LogP contribution in [0.4, 0.5) is 5.82 Å². The normalized spacial score (nSPS) is 37.3. The number of phosphoric ester groups is 1. The quantitative estimate of drug-likeness (QED) is 0.0800. The molecule has 236 valence electrons. The first-order valence-corrected chi connectivity index (χ1v) is 15.8. The van der Waals surface area contributed by atoms with Crippen molar-refractivity contribution < 1.29 is 72.9 Å². The fraction of sp³-hybridized carbons (Fsp3) is 0.667. The molecule has 0 radical (unpaired) electrons. The highest BCUT2D eigenvalue weighted by atomic mass is 32.5. The summed E-state index contributed by atoms with van der Waals surface area (Å²) in [6.07, 6.45) is -14.7. The lowest BCUT2D eigenvalue weighted by Crippen LogP contribution is -2.61. The maximum atomic E-state index is 12.6. The lowest BCUT2D eigenvalue weighted by Gasteiger charge is -2.41. The first-order valence-electron chi connectivity index (χ1n) is 11.7. The number of fused-ring (bicyclic) bond motifs is 1. The molecule has 42 heavy (non-hydrogen) atoms. The van der Waals surface area contributed by atoms with Crippen LogP contribution >= 0.6 is 14.5 Å². The van der Waals surface area contributed by atoms with Crippen LogP contribution in [-0.4, -0.2) is 138 Å². The Morgan fingerprint density at radius 2 is 1.90 bits per heavy atom. The van der Waals surface area contributed by atoms with E-state index in [1.165, 1.54) is 0 Å². The summed E-state index contributed by atoms with van der Waals surface area (Å²) in [7, 11) is -5.49. The maximum absolute atomic E-state index is 12.6. The molecule has 2 aliphatic heterocycles. The van der Waals surface area contributed by atoms with E-state index in [-0.39, 0.29) is 17.0 Å². The van der Waals surface area contributed by atoms with Gasteiger partial charge in [0.1, 0.15) is 49.1 Å². The first-order chi connectivity index (χ1) is 19.5. The van der Waals surface area contributed by atoms with Gasteiger partial charge < -0.3 is 65.3 Å². The Kier molecular flexibility index (Phi) is 9.80. The molecule has 0 aromatic carbocycles. The van der Waals surface area contributed by atoms with Gasteiger partial charge in [-0.05, 0) is 11.8 Å². The van der Waals surface area contributed by atoms with E-state index < -0.39 is 88.6 Å². The molecular weight excluding hydrogens is 634 g/mol. The van der Waals surface area contributed by atoms with E-state index >= 15 is 0 Å². The molecule has 2 aromatic rings. The molecule has 12 atom stereocenters. The van der Waals surface area contributed by atoms with Gasteiger partial charge in [-0.3, -0.25) is 4.52 Å². The summed E-state index contributed by atoms with van der Waals surface area (Å²) >= 11 is 4.73. The number of nitrogen functional groups attached to an aromatic ring is 1. The van der Waals surface area contributed by atoms with Crippen molar-refractivity contribution in [2.24, 2.45) is 0 Å². The summed E-state index contributed by atoms with van der Waals surface area (Å²) < 4.78 is 38.4. The maximum Gasteiger partial charge on any atom is 0.481 e. The average Bonchev–Trinajstić information content (AvgIpc) is 3.46. The van der Waals surface area contributed by atoms with Gasteiger partial charge >= 0.3 is 14.5 Å². The van der Waals surface area contributed by atoms with Gasteiger partial charge in [0.25, 0.3) is 0 Å². The molecule has 24 heteroatoms. The van der Waals surface area contributed by atoms with Gasteiger partial charge in [-0.25, -0.2) is 18.8 Å². The molecular formula is C18H28N6O15P2S. The van der Waals surface area contributed by atoms with Crippen molar-refractivity contribution >= 4 is 43.3 Å². The SMILES string of the molecule is C=C[C@@]1(O)[C@H](O)[C@@H](COP(O)(=S)OP(=O)(O)OC2OC([C@@H](O)CO)C(O)C(O)C2O)O[C@H]1n1nnc2c(N)ncnc21. The van der Waals surface area contributed by atoms with E-state index in [1.54, 1.807) is 0 Å². The van der Waals surface area contributed by atoms with Crippen LogP contribution in [0.1, 0.15) is 6.23 Å². The summed E-state index contributed by atoms with van der Waals surface area (Å²) in [5.41, 5.74) is 3.59. The number of phosphoric acid groups is 1. The van der Waals surface area contributed by atoms with Crippen molar-refractivity contribution in [2.75, 3.05) is 18.9 Å². The number of aliphatic hydroxyl groups excluding tert-OH is 6. The highest BCUT2D eigenvalue weighted by Crippen LogP contribution is 2.62. The van der Waals surface area contributed by atoms with Crippen LogP contribution in [0, 0.1) is 0 Å². The van der Waals surface area contributed by atoms with Gasteiger partial charge in [0.05, 0.1) is 13.2 Å². The number of ether oxygens (including phenoxy) is 2. The summed E-state index contributed by atoms with van der Waals surface area (Å²) in [6.45, 7) is -3.05. The van der Waals surface area contributed by atoms with Gasteiger partial charge in [0, 0.05) is 0 Å². The highest BCUT2D eigenvalue weighted by Gasteiger charge is 2.56. The van der Waals surface area contributed by atoms with Crippen LogP contribution in [0.3, 0.4) is 0 Å². The van der Waals surface area contributed by atoms with E-state index in [9.17, 15) is 45.0 Å². The highest BCUT2D eigenvalue weighted by molar-refractivity contribution is 8.08. The Labute approximate surface area is 240 Å². The molecule has 0 aliphatic carbocycles. The number of nitrogens with zero attached hydrogens (tertiary/aromatic N) is 5. The second-order valence-corrected chi connectivity index (χ2v) is 13.5. The molecule has 4 rings (SSSR count). The van der Waals surface area contributed by atoms with Crippen molar-refractivity contribution in [3.8, 4) is 0 Å². The van der Waals surface area contributed by atoms with Crippen LogP contribution in [0.5, 0.6) is 0 Å². The van der Waals surface area contributed by atoms with E-state index in [4.69, 9.17) is 36.6 Å². The molecule has 0 spiro atoms. The van der Waals surface area contributed by atoms with E-state index in [1.807, 2.05) is 0 Å². The number of rotatable bonds is 11. The van der Waals surface area contributed by atoms with Crippen LogP contribution in [0.25, 0.3) is 11.2 Å². The molecule has 2 fully saturated rings. The monoisotopic (exact) mass is 662 g/mol. The minimum Gasteiger partial charge on any atom is -0.394 e. The molecule has 4 heterocycles. The molecule has 0 bridgehead atoms. The Morgan fingerprint density at radius 3 is 2.55 bits per heavy atom. The third kappa shape index (κ3) is 6.41. The number of nitrogens with two attached hydrogens (primary N) is 1. The van der Waals surface area contributed by atoms with Crippen LogP contribution < -0.4 is 5.73 Å². The van der Waals surface area contributed by atoms with E-state index in [0.717, 1.165) is 17.1 Å². The predicted molar refractivity (Wildman–Crippen MR) is 137 cm³/mol. The number of anilines is 1. The molecule has 11 N–H and O–H groups in total. The van der Waals surface area contributed by atoms with Crippen molar-refractivity contribution in [1.82, 2.24) is 25.0 Å². The molecule has 2 aromatic heterocycles. The third-order valence-corrected chi connectivity index (χ3v) is 9.90. The van der Waals surface area contributed by atoms with Crippen LogP contribution in [-0.2, 0) is 39.2 Å². The van der Waals surface area contributed by atoms with Gasteiger partial charge in [0.2, 0.25) is 0 Å². The lowest BCUT2D eigenvalue weighted by atomic mass is 9.94. The molecule has 7 unspecified atom stereocenters.